The molecule has 0 atom stereocenters. The first kappa shape index (κ1) is 12.0. The molecule has 74 valence electrons. The molecule has 2 N–H and O–H groups in total. The van der Waals surface area contributed by atoms with E-state index in [2.05, 4.69) is 5.92 Å². The molecule has 0 heterocycles. The standard InChI is InChI=1S/C10H18N2O/c1-3-9-12(4-2)10(13)7-5-6-8-11/h1H,4-9,11H2,2H3. The Kier molecular flexibility index (Phi) is 7.04. The second kappa shape index (κ2) is 7.63. The summed E-state index contributed by atoms with van der Waals surface area (Å²) >= 11 is 0. The number of unbranched alkanes of at least 4 members (excludes halogenated alkanes) is 1. The fourth-order valence-corrected chi connectivity index (χ4v) is 1.07. The molecule has 0 fully saturated rings. The lowest BCUT2D eigenvalue weighted by Gasteiger charge is -2.17. The highest BCUT2D eigenvalue weighted by Crippen LogP contribution is 1.99. The highest BCUT2D eigenvalue weighted by atomic mass is 16.2. The number of carbonyl (C=O) groups is 1. The summed E-state index contributed by atoms with van der Waals surface area (Å²) in [6.45, 7) is 3.68. The van der Waals surface area contributed by atoms with Gasteiger partial charge in [-0.3, -0.25) is 4.79 Å². The normalized spacial score (nSPS) is 9.31. The minimum absolute atomic E-state index is 0.133. The van der Waals surface area contributed by atoms with E-state index in [-0.39, 0.29) is 5.91 Å². The lowest BCUT2D eigenvalue weighted by molar-refractivity contribution is -0.130. The van der Waals surface area contributed by atoms with Gasteiger partial charge < -0.3 is 10.6 Å². The van der Waals surface area contributed by atoms with Crippen LogP contribution in [-0.4, -0.2) is 30.4 Å². The second-order valence-corrected chi connectivity index (χ2v) is 2.86. The van der Waals surface area contributed by atoms with Gasteiger partial charge in [0, 0.05) is 13.0 Å². The quantitative estimate of drug-likeness (QED) is 0.483. The lowest BCUT2D eigenvalue weighted by Crippen LogP contribution is -2.30. The molecule has 0 aromatic rings. The third kappa shape index (κ3) is 5.26. The molecule has 0 saturated heterocycles. The highest BCUT2D eigenvalue weighted by Gasteiger charge is 2.08. The van der Waals surface area contributed by atoms with Gasteiger partial charge in [-0.1, -0.05) is 5.92 Å². The molecule has 0 aliphatic heterocycles. The van der Waals surface area contributed by atoms with E-state index in [9.17, 15) is 4.79 Å². The van der Waals surface area contributed by atoms with Crippen LogP contribution in [-0.2, 0) is 4.79 Å². The minimum Gasteiger partial charge on any atom is -0.332 e. The highest BCUT2D eigenvalue weighted by molar-refractivity contribution is 5.76. The van der Waals surface area contributed by atoms with Crippen molar-refractivity contribution in [2.45, 2.75) is 26.2 Å². The molecule has 0 unspecified atom stereocenters. The van der Waals surface area contributed by atoms with Crippen molar-refractivity contribution in [1.82, 2.24) is 4.90 Å². The molecular weight excluding hydrogens is 164 g/mol. The van der Waals surface area contributed by atoms with Gasteiger partial charge in [-0.15, -0.1) is 6.42 Å². The molecular formula is C10H18N2O. The third-order valence-corrected chi connectivity index (χ3v) is 1.86. The molecule has 3 nitrogen and oxygen atoms in total. The first-order valence-corrected chi connectivity index (χ1v) is 4.67. The number of hydrogen-bond donors (Lipinski definition) is 1. The Morgan fingerprint density at radius 1 is 1.54 bits per heavy atom. The van der Waals surface area contributed by atoms with E-state index in [1.165, 1.54) is 0 Å². The fraction of sp³-hybridized carbons (Fsp3) is 0.700. The number of hydrogen-bond acceptors (Lipinski definition) is 2. The van der Waals surface area contributed by atoms with Crippen molar-refractivity contribution >= 4 is 5.91 Å². The predicted octanol–water partition coefficient (Wildman–Crippen LogP) is 0.597. The van der Waals surface area contributed by atoms with E-state index in [0.717, 1.165) is 12.8 Å². The first-order chi connectivity index (χ1) is 6.26. The summed E-state index contributed by atoms with van der Waals surface area (Å²) in [7, 11) is 0. The predicted molar refractivity (Wildman–Crippen MR) is 54.0 cm³/mol. The van der Waals surface area contributed by atoms with E-state index in [4.69, 9.17) is 12.2 Å². The van der Waals surface area contributed by atoms with Gasteiger partial charge >= 0.3 is 0 Å². The molecule has 0 aromatic heterocycles. The molecule has 3 heteroatoms. The Bertz CT molecular complexity index is 184. The Balaban J connectivity index is 3.72. The monoisotopic (exact) mass is 182 g/mol. The summed E-state index contributed by atoms with van der Waals surface area (Å²) in [5.41, 5.74) is 5.32. The van der Waals surface area contributed by atoms with Crippen molar-refractivity contribution in [3.63, 3.8) is 0 Å². The average molecular weight is 182 g/mol. The summed E-state index contributed by atoms with van der Waals surface area (Å²) in [6.07, 6.45) is 7.46. The average Bonchev–Trinajstić information content (AvgIpc) is 2.14. The number of terminal acetylenes is 1. The number of amides is 1. The van der Waals surface area contributed by atoms with Crippen LogP contribution in [0.15, 0.2) is 0 Å². The third-order valence-electron chi connectivity index (χ3n) is 1.86. The maximum absolute atomic E-state index is 11.4. The van der Waals surface area contributed by atoms with Crippen molar-refractivity contribution < 1.29 is 4.79 Å². The number of nitrogens with two attached hydrogens (primary N) is 1. The van der Waals surface area contributed by atoms with Crippen molar-refractivity contribution in [2.75, 3.05) is 19.6 Å². The SMILES string of the molecule is C#CCN(CC)C(=O)CCCCN. The van der Waals surface area contributed by atoms with Crippen LogP contribution >= 0.6 is 0 Å². The molecule has 0 aromatic carbocycles. The van der Waals surface area contributed by atoms with Crippen molar-refractivity contribution in [3.8, 4) is 12.3 Å². The van der Waals surface area contributed by atoms with E-state index in [1.54, 1.807) is 4.90 Å². The van der Waals surface area contributed by atoms with E-state index in [1.807, 2.05) is 6.92 Å². The van der Waals surface area contributed by atoms with E-state index >= 15 is 0 Å². The van der Waals surface area contributed by atoms with E-state index < -0.39 is 0 Å². The van der Waals surface area contributed by atoms with Crippen LogP contribution in [0.4, 0.5) is 0 Å². The van der Waals surface area contributed by atoms with Crippen LogP contribution in [0.2, 0.25) is 0 Å². The molecule has 0 saturated carbocycles. The summed E-state index contributed by atoms with van der Waals surface area (Å²) < 4.78 is 0. The number of rotatable bonds is 6. The van der Waals surface area contributed by atoms with Gasteiger partial charge in [0.05, 0.1) is 6.54 Å². The van der Waals surface area contributed by atoms with Gasteiger partial charge in [-0.05, 0) is 26.3 Å². The molecule has 0 bridgehead atoms. The van der Waals surface area contributed by atoms with Crippen LogP contribution in [0.5, 0.6) is 0 Å². The molecule has 0 aliphatic carbocycles. The first-order valence-electron chi connectivity index (χ1n) is 4.67. The van der Waals surface area contributed by atoms with Crippen molar-refractivity contribution in [1.29, 1.82) is 0 Å². The molecule has 1 amide bonds. The van der Waals surface area contributed by atoms with Crippen LogP contribution in [0.3, 0.4) is 0 Å². The lowest BCUT2D eigenvalue weighted by atomic mass is 10.2. The summed E-state index contributed by atoms with van der Waals surface area (Å²) in [5, 5.41) is 0. The topological polar surface area (TPSA) is 46.3 Å². The fourth-order valence-electron chi connectivity index (χ4n) is 1.07. The van der Waals surface area contributed by atoms with E-state index in [0.29, 0.717) is 26.1 Å². The second-order valence-electron chi connectivity index (χ2n) is 2.86. The Morgan fingerprint density at radius 2 is 2.23 bits per heavy atom. The maximum Gasteiger partial charge on any atom is 0.223 e. The van der Waals surface area contributed by atoms with Crippen LogP contribution < -0.4 is 5.73 Å². The zero-order chi connectivity index (χ0) is 10.1. The molecule has 13 heavy (non-hydrogen) atoms. The van der Waals surface area contributed by atoms with Gasteiger partial charge in [0.25, 0.3) is 0 Å². The maximum atomic E-state index is 11.4. The summed E-state index contributed by atoms with van der Waals surface area (Å²) in [6, 6.07) is 0. The van der Waals surface area contributed by atoms with Gasteiger partial charge in [-0.2, -0.15) is 0 Å². The largest absolute Gasteiger partial charge is 0.332 e. The van der Waals surface area contributed by atoms with Crippen LogP contribution in [0.25, 0.3) is 0 Å². The van der Waals surface area contributed by atoms with Gasteiger partial charge in [-0.25, -0.2) is 0 Å². The van der Waals surface area contributed by atoms with Crippen molar-refractivity contribution in [2.24, 2.45) is 5.73 Å². The minimum atomic E-state index is 0.133. The molecule has 0 aliphatic rings. The summed E-state index contributed by atoms with van der Waals surface area (Å²) in [5.74, 6) is 2.60. The Labute approximate surface area is 80.3 Å². The van der Waals surface area contributed by atoms with Crippen molar-refractivity contribution in [3.05, 3.63) is 0 Å². The van der Waals surface area contributed by atoms with Crippen LogP contribution in [0, 0.1) is 12.3 Å². The van der Waals surface area contributed by atoms with Crippen LogP contribution in [0.1, 0.15) is 26.2 Å². The zero-order valence-electron chi connectivity index (χ0n) is 8.25. The molecule has 0 spiro atoms. The van der Waals surface area contributed by atoms with Gasteiger partial charge in [0.15, 0.2) is 0 Å². The Hall–Kier alpha value is -1.01. The molecule has 0 rings (SSSR count). The van der Waals surface area contributed by atoms with Gasteiger partial charge in [0.1, 0.15) is 0 Å². The smallest absolute Gasteiger partial charge is 0.223 e. The summed E-state index contributed by atoms with van der Waals surface area (Å²) in [4.78, 5) is 13.1. The van der Waals surface area contributed by atoms with Gasteiger partial charge in [0.2, 0.25) is 5.91 Å². The number of carbonyl (C=O) groups excluding carboxylic acids is 1. The Morgan fingerprint density at radius 3 is 2.69 bits per heavy atom. The zero-order valence-corrected chi connectivity index (χ0v) is 8.25. The molecule has 0 radical (unpaired) electrons. The number of nitrogens with zero attached hydrogens (tertiary/aromatic N) is 1.